The van der Waals surface area contributed by atoms with Gasteiger partial charge in [-0.25, -0.2) is 0 Å². The van der Waals surface area contributed by atoms with Gasteiger partial charge in [0, 0.05) is 22.9 Å². The molecule has 2 aromatic carbocycles. The third-order valence-corrected chi connectivity index (χ3v) is 6.16. The fourth-order valence-corrected chi connectivity index (χ4v) is 4.39. The van der Waals surface area contributed by atoms with Crippen LogP contribution in [0.3, 0.4) is 0 Å². The third-order valence-electron chi connectivity index (χ3n) is 5.03. The first-order valence-electron chi connectivity index (χ1n) is 9.35. The quantitative estimate of drug-likeness (QED) is 0.657. The van der Waals surface area contributed by atoms with Crippen LogP contribution in [0.5, 0.6) is 0 Å². The van der Waals surface area contributed by atoms with E-state index in [4.69, 9.17) is 0 Å². The number of anilines is 2. The molecule has 1 aliphatic heterocycles. The molecule has 2 nitrogen and oxygen atoms in total. The summed E-state index contributed by atoms with van der Waals surface area (Å²) in [5.74, 6) is 0. The third kappa shape index (κ3) is 3.88. The van der Waals surface area contributed by atoms with Gasteiger partial charge in [-0.3, -0.25) is 0 Å². The highest BCUT2D eigenvalue weighted by molar-refractivity contribution is 7.99. The minimum absolute atomic E-state index is 0.168. The number of rotatable bonds is 5. The molecule has 0 aromatic heterocycles. The van der Waals surface area contributed by atoms with E-state index in [-0.39, 0.29) is 5.41 Å². The number of hydrogen-bond acceptors (Lipinski definition) is 3. The predicted molar refractivity (Wildman–Crippen MR) is 111 cm³/mol. The topological polar surface area (TPSA) is 6.48 Å². The molecule has 3 rings (SSSR count). The van der Waals surface area contributed by atoms with Crippen molar-refractivity contribution in [3.63, 3.8) is 0 Å². The van der Waals surface area contributed by atoms with Crippen LogP contribution in [0.1, 0.15) is 40.2 Å². The zero-order valence-corrected chi connectivity index (χ0v) is 17.0. The Hall–Kier alpha value is -1.45. The highest BCUT2D eigenvalue weighted by atomic mass is 32.2. The molecular weight excluding hydrogens is 324 g/mol. The van der Waals surface area contributed by atoms with Gasteiger partial charge in [-0.1, -0.05) is 64.6 Å². The molecule has 0 fully saturated rings. The second-order valence-corrected chi connectivity index (χ2v) is 8.76. The molecule has 0 aliphatic carbocycles. The summed E-state index contributed by atoms with van der Waals surface area (Å²) < 4.78 is 0. The van der Waals surface area contributed by atoms with Gasteiger partial charge in [-0.05, 0) is 48.3 Å². The lowest BCUT2D eigenvalue weighted by Gasteiger charge is -2.35. The van der Waals surface area contributed by atoms with Crippen molar-refractivity contribution in [2.75, 3.05) is 31.1 Å². The molecule has 0 saturated carbocycles. The van der Waals surface area contributed by atoms with Crippen molar-refractivity contribution >= 4 is 23.1 Å². The summed E-state index contributed by atoms with van der Waals surface area (Å²) in [4.78, 5) is 7.75. The lowest BCUT2D eigenvalue weighted by Crippen LogP contribution is -2.34. The Bertz CT molecular complexity index is 729. The number of para-hydroxylation sites is 1. The summed E-state index contributed by atoms with van der Waals surface area (Å²) in [5, 5.41) is 0. The standard InChI is InChI=1S/C22H30N2S/c1-6-23(7-2)14-15-24-18-10-8-9-11-20(18)25-21-13-12-17(16-19(21)24)22(3,4)5/h8-13,16H,6-7,14-15H2,1-5H3. The summed E-state index contributed by atoms with van der Waals surface area (Å²) in [7, 11) is 0. The normalized spacial score (nSPS) is 13.8. The highest BCUT2D eigenvalue weighted by Crippen LogP contribution is 2.48. The molecule has 0 bridgehead atoms. The van der Waals surface area contributed by atoms with Crippen LogP contribution in [0.4, 0.5) is 11.4 Å². The summed E-state index contributed by atoms with van der Waals surface area (Å²) in [5.41, 5.74) is 4.28. The number of nitrogens with zero attached hydrogens (tertiary/aromatic N) is 2. The van der Waals surface area contributed by atoms with Gasteiger partial charge in [-0.15, -0.1) is 0 Å². The first kappa shape index (κ1) is 18.3. The van der Waals surface area contributed by atoms with Crippen LogP contribution in [0.25, 0.3) is 0 Å². The smallest absolute Gasteiger partial charge is 0.0556 e. The summed E-state index contributed by atoms with van der Waals surface area (Å²) in [6, 6.07) is 15.8. The van der Waals surface area contributed by atoms with Crippen molar-refractivity contribution < 1.29 is 0 Å². The SMILES string of the molecule is CCN(CC)CCN1c2ccccc2Sc2ccc(C(C)(C)C)cc21. The molecule has 2 aromatic rings. The molecule has 134 valence electrons. The first-order chi connectivity index (χ1) is 11.9. The molecule has 0 saturated heterocycles. The monoisotopic (exact) mass is 354 g/mol. The number of benzene rings is 2. The van der Waals surface area contributed by atoms with Crippen molar-refractivity contribution in [3.05, 3.63) is 48.0 Å². The van der Waals surface area contributed by atoms with Crippen LogP contribution in [0.15, 0.2) is 52.3 Å². The average Bonchev–Trinajstić information content (AvgIpc) is 2.60. The molecule has 0 atom stereocenters. The Kier molecular flexibility index (Phi) is 5.45. The van der Waals surface area contributed by atoms with Gasteiger partial charge in [0.2, 0.25) is 0 Å². The molecule has 1 aliphatic rings. The van der Waals surface area contributed by atoms with Gasteiger partial charge in [-0.2, -0.15) is 0 Å². The van der Waals surface area contributed by atoms with Crippen molar-refractivity contribution in [2.24, 2.45) is 0 Å². The lowest BCUT2D eigenvalue weighted by molar-refractivity contribution is 0.312. The lowest BCUT2D eigenvalue weighted by atomic mass is 9.87. The average molecular weight is 355 g/mol. The Labute approximate surface area is 157 Å². The first-order valence-corrected chi connectivity index (χ1v) is 10.2. The summed E-state index contributed by atoms with van der Waals surface area (Å²) in [6.07, 6.45) is 0. The maximum atomic E-state index is 2.52. The van der Waals surface area contributed by atoms with E-state index in [1.54, 1.807) is 0 Å². The van der Waals surface area contributed by atoms with Crippen LogP contribution >= 0.6 is 11.8 Å². The van der Waals surface area contributed by atoms with Gasteiger partial charge >= 0.3 is 0 Å². The number of likely N-dealkylation sites (N-methyl/N-ethyl adjacent to an activating group) is 1. The number of fused-ring (bicyclic) bond motifs is 2. The van der Waals surface area contributed by atoms with E-state index < -0.39 is 0 Å². The molecule has 0 spiro atoms. The van der Waals surface area contributed by atoms with Crippen LogP contribution in [0, 0.1) is 0 Å². The van der Waals surface area contributed by atoms with E-state index in [0.29, 0.717) is 0 Å². The molecule has 0 amide bonds. The van der Waals surface area contributed by atoms with Gasteiger partial charge in [0.05, 0.1) is 11.4 Å². The molecule has 3 heteroatoms. The van der Waals surface area contributed by atoms with Crippen molar-refractivity contribution in [3.8, 4) is 0 Å². The summed E-state index contributed by atoms with van der Waals surface area (Å²) in [6.45, 7) is 15.7. The van der Waals surface area contributed by atoms with Gasteiger partial charge in [0.15, 0.2) is 0 Å². The van der Waals surface area contributed by atoms with Crippen molar-refractivity contribution in [2.45, 2.75) is 49.8 Å². The maximum Gasteiger partial charge on any atom is 0.0556 e. The second kappa shape index (κ2) is 7.43. The van der Waals surface area contributed by atoms with Gasteiger partial charge in [0.25, 0.3) is 0 Å². The zero-order valence-electron chi connectivity index (χ0n) is 16.2. The summed E-state index contributed by atoms with van der Waals surface area (Å²) >= 11 is 1.90. The Balaban J connectivity index is 2.00. The van der Waals surface area contributed by atoms with Crippen LogP contribution in [0.2, 0.25) is 0 Å². The van der Waals surface area contributed by atoms with E-state index >= 15 is 0 Å². The highest BCUT2D eigenvalue weighted by Gasteiger charge is 2.25. The van der Waals surface area contributed by atoms with Crippen molar-refractivity contribution in [1.82, 2.24) is 4.90 Å². The maximum absolute atomic E-state index is 2.52. The Morgan fingerprint density at radius 3 is 2.28 bits per heavy atom. The Morgan fingerprint density at radius 1 is 0.920 bits per heavy atom. The number of hydrogen-bond donors (Lipinski definition) is 0. The van der Waals surface area contributed by atoms with Crippen LogP contribution < -0.4 is 4.90 Å². The molecular formula is C22H30N2S. The van der Waals surface area contributed by atoms with E-state index in [0.717, 1.165) is 26.2 Å². The molecule has 0 unspecified atom stereocenters. The van der Waals surface area contributed by atoms with E-state index in [1.165, 1.54) is 26.7 Å². The second-order valence-electron chi connectivity index (χ2n) is 7.68. The van der Waals surface area contributed by atoms with Crippen LogP contribution in [-0.4, -0.2) is 31.1 Å². The minimum atomic E-state index is 0.168. The Morgan fingerprint density at radius 2 is 1.60 bits per heavy atom. The van der Waals surface area contributed by atoms with Gasteiger partial charge in [0.1, 0.15) is 0 Å². The largest absolute Gasteiger partial charge is 0.338 e. The fourth-order valence-electron chi connectivity index (χ4n) is 3.32. The minimum Gasteiger partial charge on any atom is -0.338 e. The molecule has 25 heavy (non-hydrogen) atoms. The van der Waals surface area contributed by atoms with Gasteiger partial charge < -0.3 is 9.80 Å². The van der Waals surface area contributed by atoms with E-state index in [1.807, 2.05) is 11.8 Å². The van der Waals surface area contributed by atoms with Crippen LogP contribution in [-0.2, 0) is 5.41 Å². The van der Waals surface area contributed by atoms with E-state index in [2.05, 4.69) is 86.9 Å². The zero-order chi connectivity index (χ0) is 18.0. The van der Waals surface area contributed by atoms with Crippen molar-refractivity contribution in [1.29, 1.82) is 0 Å². The molecule has 0 radical (unpaired) electrons. The fraction of sp³-hybridized carbons (Fsp3) is 0.455. The molecule has 0 N–H and O–H groups in total. The van der Waals surface area contributed by atoms with E-state index in [9.17, 15) is 0 Å². The molecule has 1 heterocycles. The predicted octanol–water partition coefficient (Wildman–Crippen LogP) is 5.93.